The molecule has 2 aromatic carbocycles. The highest BCUT2D eigenvalue weighted by Crippen LogP contribution is 2.32. The Balaban J connectivity index is 1.80. The number of halogens is 1. The smallest absolute Gasteiger partial charge is 0.264 e. The molecule has 3 rings (SSSR count). The monoisotopic (exact) mass is 443 g/mol. The van der Waals surface area contributed by atoms with E-state index in [2.05, 4.69) is 26.2 Å². The van der Waals surface area contributed by atoms with E-state index in [1.807, 2.05) is 30.3 Å². The number of nitrogens with zero attached hydrogens (tertiary/aromatic N) is 2. The minimum Gasteiger partial charge on any atom is -0.493 e. The maximum atomic E-state index is 12.2. The van der Waals surface area contributed by atoms with Gasteiger partial charge in [0, 0.05) is 4.47 Å². The molecule has 2 aromatic rings. The van der Waals surface area contributed by atoms with E-state index in [-0.39, 0.29) is 12.5 Å². The summed E-state index contributed by atoms with van der Waals surface area (Å²) in [6.45, 7) is -0.0645. The maximum absolute atomic E-state index is 12.2. The predicted molar refractivity (Wildman–Crippen MR) is 109 cm³/mol. The standard InChI is InChI=1S/C19H14BrN3O3S/c1-25-16-10-12(2-7-15(16)26-9-8-21)11-17-18(24)23-19(27-17)22-14-5-3-13(20)4-6-14/h2-7,10-11H,9H2,1H3,(H,22,23,24)/b17-11-. The molecule has 8 heteroatoms. The summed E-state index contributed by atoms with van der Waals surface area (Å²) in [6.07, 6.45) is 1.75. The minimum atomic E-state index is -0.209. The van der Waals surface area contributed by atoms with E-state index in [4.69, 9.17) is 14.7 Å². The number of hydrogen-bond donors (Lipinski definition) is 1. The van der Waals surface area contributed by atoms with Crippen molar-refractivity contribution in [3.8, 4) is 17.6 Å². The summed E-state index contributed by atoms with van der Waals surface area (Å²) in [5, 5.41) is 11.9. The average Bonchev–Trinajstić information content (AvgIpc) is 3.01. The quantitative estimate of drug-likeness (QED) is 0.698. The molecule has 136 valence electrons. The van der Waals surface area contributed by atoms with Gasteiger partial charge in [0.15, 0.2) is 23.3 Å². The number of nitriles is 1. The SMILES string of the molecule is COc1cc(/C=C2\SC(=Nc3ccc(Br)cc3)NC2=O)ccc1OCC#N. The molecule has 27 heavy (non-hydrogen) atoms. The van der Waals surface area contributed by atoms with Gasteiger partial charge in [0.05, 0.1) is 17.7 Å². The number of methoxy groups -OCH3 is 1. The summed E-state index contributed by atoms with van der Waals surface area (Å²) >= 11 is 4.65. The van der Waals surface area contributed by atoms with Gasteiger partial charge >= 0.3 is 0 Å². The zero-order valence-electron chi connectivity index (χ0n) is 14.2. The summed E-state index contributed by atoms with van der Waals surface area (Å²) in [5.74, 6) is 0.758. The highest BCUT2D eigenvalue weighted by molar-refractivity contribution is 9.10. The van der Waals surface area contributed by atoms with Crippen LogP contribution in [0.25, 0.3) is 6.08 Å². The third kappa shape index (κ3) is 4.90. The van der Waals surface area contributed by atoms with Gasteiger partial charge in [-0.2, -0.15) is 5.26 Å². The first kappa shape index (κ1) is 19.0. The van der Waals surface area contributed by atoms with Gasteiger partial charge in [-0.15, -0.1) is 0 Å². The molecule has 6 nitrogen and oxygen atoms in total. The van der Waals surface area contributed by atoms with E-state index in [9.17, 15) is 4.79 Å². The molecule has 0 bridgehead atoms. The second kappa shape index (κ2) is 8.75. The lowest BCUT2D eigenvalue weighted by molar-refractivity contribution is -0.115. The molecule has 1 aliphatic rings. The van der Waals surface area contributed by atoms with Gasteiger partial charge in [0.2, 0.25) is 0 Å². The summed E-state index contributed by atoms with van der Waals surface area (Å²) in [4.78, 5) is 17.2. The summed E-state index contributed by atoms with van der Waals surface area (Å²) in [5.41, 5.74) is 1.53. The molecule has 1 saturated heterocycles. The van der Waals surface area contributed by atoms with E-state index >= 15 is 0 Å². The molecule has 0 aromatic heterocycles. The van der Waals surface area contributed by atoms with Crippen molar-refractivity contribution in [3.05, 3.63) is 57.4 Å². The Bertz CT molecular complexity index is 965. The second-order valence-electron chi connectivity index (χ2n) is 5.32. The van der Waals surface area contributed by atoms with E-state index < -0.39 is 0 Å². The van der Waals surface area contributed by atoms with Crippen molar-refractivity contribution in [1.82, 2.24) is 5.32 Å². The molecule has 1 aliphatic heterocycles. The molecule has 1 N–H and O–H groups in total. The average molecular weight is 444 g/mol. The van der Waals surface area contributed by atoms with E-state index in [0.29, 0.717) is 21.6 Å². The van der Waals surface area contributed by atoms with Crippen molar-refractivity contribution in [3.63, 3.8) is 0 Å². The number of carbonyl (C=O) groups excluding carboxylic acids is 1. The summed E-state index contributed by atoms with van der Waals surface area (Å²) in [7, 11) is 1.52. The first-order valence-corrected chi connectivity index (χ1v) is 9.43. The van der Waals surface area contributed by atoms with E-state index in [0.717, 1.165) is 15.7 Å². The first-order valence-electron chi connectivity index (χ1n) is 7.82. The van der Waals surface area contributed by atoms with Gasteiger partial charge in [-0.25, -0.2) is 4.99 Å². The number of hydrogen-bond acceptors (Lipinski definition) is 6. The predicted octanol–water partition coefficient (Wildman–Crippen LogP) is 4.25. The van der Waals surface area contributed by atoms with Crippen molar-refractivity contribution in [1.29, 1.82) is 5.26 Å². The van der Waals surface area contributed by atoms with Gasteiger partial charge in [-0.1, -0.05) is 22.0 Å². The Kier molecular flexibility index (Phi) is 6.16. The topological polar surface area (TPSA) is 83.7 Å². The van der Waals surface area contributed by atoms with Gasteiger partial charge < -0.3 is 14.8 Å². The third-order valence-corrected chi connectivity index (χ3v) is 4.92. The first-order chi connectivity index (χ1) is 13.1. The Labute approximate surface area is 169 Å². The van der Waals surface area contributed by atoms with Crippen LogP contribution >= 0.6 is 27.7 Å². The normalized spacial score (nSPS) is 16.3. The Morgan fingerprint density at radius 2 is 2.04 bits per heavy atom. The lowest BCUT2D eigenvalue weighted by Crippen LogP contribution is -2.19. The maximum Gasteiger partial charge on any atom is 0.264 e. The second-order valence-corrected chi connectivity index (χ2v) is 7.26. The van der Waals surface area contributed by atoms with E-state index in [1.165, 1.54) is 18.9 Å². The number of thioether (sulfide) groups is 1. The third-order valence-electron chi connectivity index (χ3n) is 3.49. The highest BCUT2D eigenvalue weighted by Gasteiger charge is 2.24. The van der Waals surface area contributed by atoms with E-state index in [1.54, 1.807) is 24.3 Å². The van der Waals surface area contributed by atoms with Crippen molar-refractivity contribution < 1.29 is 14.3 Å². The van der Waals surface area contributed by atoms with Crippen molar-refractivity contribution in [2.24, 2.45) is 4.99 Å². The van der Waals surface area contributed by atoms with Crippen molar-refractivity contribution >= 4 is 50.5 Å². The van der Waals surface area contributed by atoms with Crippen LogP contribution in [0.5, 0.6) is 11.5 Å². The number of nitrogens with one attached hydrogen (secondary N) is 1. The van der Waals surface area contributed by atoms with Crippen LogP contribution in [0.1, 0.15) is 5.56 Å². The fourth-order valence-electron chi connectivity index (χ4n) is 2.27. The largest absolute Gasteiger partial charge is 0.493 e. The molecule has 1 heterocycles. The van der Waals surface area contributed by atoms with Gasteiger partial charge in [0.1, 0.15) is 6.07 Å². The molecule has 0 aliphatic carbocycles. The molecular formula is C19H14BrN3O3S. The van der Waals surface area contributed by atoms with Crippen LogP contribution in [0, 0.1) is 11.3 Å². The molecule has 1 amide bonds. The van der Waals surface area contributed by atoms with Crippen LogP contribution in [-0.2, 0) is 4.79 Å². The molecular weight excluding hydrogens is 430 g/mol. The minimum absolute atomic E-state index is 0.0645. The molecule has 1 fully saturated rings. The lowest BCUT2D eigenvalue weighted by Gasteiger charge is -2.08. The van der Waals surface area contributed by atoms with Crippen LogP contribution in [0.4, 0.5) is 5.69 Å². The number of aliphatic imine (C=N–C) groups is 1. The Morgan fingerprint density at radius 1 is 1.26 bits per heavy atom. The van der Waals surface area contributed by atoms with Crippen LogP contribution in [0.3, 0.4) is 0 Å². The van der Waals surface area contributed by atoms with Crippen LogP contribution in [0.2, 0.25) is 0 Å². The van der Waals surface area contributed by atoms with Crippen LogP contribution < -0.4 is 14.8 Å². The lowest BCUT2D eigenvalue weighted by atomic mass is 10.2. The highest BCUT2D eigenvalue weighted by atomic mass is 79.9. The number of carbonyl (C=O) groups is 1. The van der Waals surface area contributed by atoms with Gasteiger partial charge in [-0.05, 0) is 59.8 Å². The Morgan fingerprint density at radius 3 is 2.74 bits per heavy atom. The zero-order valence-corrected chi connectivity index (χ0v) is 16.6. The molecule has 0 atom stereocenters. The van der Waals surface area contributed by atoms with Gasteiger partial charge in [-0.3, -0.25) is 4.79 Å². The van der Waals surface area contributed by atoms with Crippen molar-refractivity contribution in [2.45, 2.75) is 0 Å². The summed E-state index contributed by atoms with van der Waals surface area (Å²) < 4.78 is 11.6. The summed E-state index contributed by atoms with van der Waals surface area (Å²) in [6, 6.07) is 14.6. The molecule has 0 spiro atoms. The number of rotatable bonds is 5. The fraction of sp³-hybridized carbons (Fsp3) is 0.105. The molecule has 0 radical (unpaired) electrons. The fourth-order valence-corrected chi connectivity index (χ4v) is 3.37. The number of ether oxygens (including phenoxy) is 2. The zero-order chi connectivity index (χ0) is 19.2. The number of amides is 1. The van der Waals surface area contributed by atoms with Gasteiger partial charge in [0.25, 0.3) is 5.91 Å². The number of amidine groups is 1. The Hall–Kier alpha value is -2.76. The van der Waals surface area contributed by atoms with Crippen LogP contribution in [-0.4, -0.2) is 24.8 Å². The molecule has 0 unspecified atom stereocenters. The van der Waals surface area contributed by atoms with Crippen molar-refractivity contribution in [2.75, 3.05) is 13.7 Å². The van der Waals surface area contributed by atoms with Crippen LogP contribution in [0.15, 0.2) is 56.8 Å². The molecule has 0 saturated carbocycles. The number of benzene rings is 2.